The minimum Gasteiger partial charge on any atom is -0.494 e. The zero-order valence-corrected chi connectivity index (χ0v) is 11.4. The minimum absolute atomic E-state index is 0.696. The van der Waals surface area contributed by atoms with Crippen molar-refractivity contribution in [3.05, 3.63) is 29.8 Å². The molecule has 102 valence electrons. The lowest BCUT2D eigenvalue weighted by Gasteiger charge is -2.27. The summed E-state index contributed by atoms with van der Waals surface area (Å²) in [5, 5.41) is 3.37. The Morgan fingerprint density at radius 2 is 1.95 bits per heavy atom. The summed E-state index contributed by atoms with van der Waals surface area (Å²) in [6.07, 6.45) is 6.90. The van der Waals surface area contributed by atoms with Gasteiger partial charge in [-0.1, -0.05) is 12.1 Å². The van der Waals surface area contributed by atoms with Crippen LogP contribution in [0, 0.1) is 12.3 Å². The maximum atomic E-state index is 5.63. The van der Waals surface area contributed by atoms with Crippen LogP contribution in [0.1, 0.15) is 18.4 Å². The number of unbranched alkanes of at least 4 members (excludes halogenated alkanes) is 1. The Labute approximate surface area is 115 Å². The molecule has 0 amide bonds. The molecule has 0 aromatic heterocycles. The lowest BCUT2D eigenvalue weighted by molar-refractivity contribution is 0.233. The molecule has 1 heterocycles. The first-order valence-corrected chi connectivity index (χ1v) is 6.97. The number of hydrogen-bond donors (Lipinski definition) is 1. The number of nitrogens with one attached hydrogen (secondary N) is 1. The van der Waals surface area contributed by atoms with Crippen LogP contribution >= 0.6 is 0 Å². The van der Waals surface area contributed by atoms with Gasteiger partial charge >= 0.3 is 0 Å². The van der Waals surface area contributed by atoms with Gasteiger partial charge in [-0.05, 0) is 24.1 Å². The molecule has 1 fully saturated rings. The molecule has 1 aliphatic rings. The molecule has 1 saturated heterocycles. The van der Waals surface area contributed by atoms with E-state index in [2.05, 4.69) is 28.3 Å². The van der Waals surface area contributed by atoms with Crippen molar-refractivity contribution < 1.29 is 4.74 Å². The van der Waals surface area contributed by atoms with Crippen LogP contribution in [0.5, 0.6) is 5.75 Å². The quantitative estimate of drug-likeness (QED) is 0.623. The van der Waals surface area contributed by atoms with Crippen LogP contribution in [0.4, 0.5) is 0 Å². The third kappa shape index (κ3) is 4.94. The Morgan fingerprint density at radius 3 is 2.63 bits per heavy atom. The first-order chi connectivity index (χ1) is 9.38. The molecule has 0 aliphatic carbocycles. The SMILES string of the molecule is C#CCCCOc1ccc(CN2CCNCC2)cc1. The molecule has 2 rings (SSSR count). The maximum Gasteiger partial charge on any atom is 0.119 e. The molecule has 0 unspecified atom stereocenters. The molecule has 1 aromatic carbocycles. The zero-order chi connectivity index (χ0) is 13.3. The van der Waals surface area contributed by atoms with E-state index in [0.717, 1.165) is 51.3 Å². The van der Waals surface area contributed by atoms with Crippen LogP contribution in [0.15, 0.2) is 24.3 Å². The van der Waals surface area contributed by atoms with Crippen molar-refractivity contribution in [2.45, 2.75) is 19.4 Å². The molecular formula is C16H22N2O. The highest BCUT2D eigenvalue weighted by atomic mass is 16.5. The maximum absolute atomic E-state index is 5.63. The van der Waals surface area contributed by atoms with Crippen LogP contribution in [0.3, 0.4) is 0 Å². The third-order valence-electron chi connectivity index (χ3n) is 3.27. The lowest BCUT2D eigenvalue weighted by Crippen LogP contribution is -2.42. The van der Waals surface area contributed by atoms with Gasteiger partial charge in [-0.15, -0.1) is 12.3 Å². The fraction of sp³-hybridized carbons (Fsp3) is 0.500. The van der Waals surface area contributed by atoms with E-state index in [9.17, 15) is 0 Å². The summed E-state index contributed by atoms with van der Waals surface area (Å²) in [4.78, 5) is 2.47. The third-order valence-corrected chi connectivity index (χ3v) is 3.27. The number of hydrogen-bond acceptors (Lipinski definition) is 3. The number of nitrogens with zero attached hydrogens (tertiary/aromatic N) is 1. The van der Waals surface area contributed by atoms with Gasteiger partial charge in [-0.3, -0.25) is 4.90 Å². The van der Waals surface area contributed by atoms with E-state index in [0.29, 0.717) is 6.61 Å². The van der Waals surface area contributed by atoms with E-state index in [1.807, 2.05) is 12.1 Å². The number of rotatable bonds is 6. The van der Waals surface area contributed by atoms with Crippen LogP contribution < -0.4 is 10.1 Å². The molecule has 0 radical (unpaired) electrons. The first kappa shape index (κ1) is 13.9. The Balaban J connectivity index is 1.76. The van der Waals surface area contributed by atoms with Gasteiger partial charge in [-0.2, -0.15) is 0 Å². The van der Waals surface area contributed by atoms with E-state index in [1.54, 1.807) is 0 Å². The van der Waals surface area contributed by atoms with Gasteiger partial charge in [0.25, 0.3) is 0 Å². The smallest absolute Gasteiger partial charge is 0.119 e. The Morgan fingerprint density at radius 1 is 1.21 bits per heavy atom. The summed E-state index contributed by atoms with van der Waals surface area (Å²) < 4.78 is 5.63. The van der Waals surface area contributed by atoms with Crippen molar-refractivity contribution >= 4 is 0 Å². The summed E-state index contributed by atoms with van der Waals surface area (Å²) in [7, 11) is 0. The molecule has 0 bridgehead atoms. The summed E-state index contributed by atoms with van der Waals surface area (Å²) >= 11 is 0. The second-order valence-corrected chi connectivity index (χ2v) is 4.83. The standard InChI is InChI=1S/C16H22N2O/c1-2-3-4-13-19-16-7-5-15(6-8-16)14-18-11-9-17-10-12-18/h1,5-8,17H,3-4,9-14H2. The zero-order valence-electron chi connectivity index (χ0n) is 11.4. The van der Waals surface area contributed by atoms with Crippen molar-refractivity contribution in [3.8, 4) is 18.1 Å². The summed E-state index contributed by atoms with van der Waals surface area (Å²) in [5.74, 6) is 3.55. The summed E-state index contributed by atoms with van der Waals surface area (Å²) in [6, 6.07) is 8.40. The topological polar surface area (TPSA) is 24.5 Å². The van der Waals surface area contributed by atoms with Crippen molar-refractivity contribution in [3.63, 3.8) is 0 Å². The van der Waals surface area contributed by atoms with Crippen molar-refractivity contribution in [1.29, 1.82) is 0 Å². The van der Waals surface area contributed by atoms with E-state index >= 15 is 0 Å². The monoisotopic (exact) mass is 258 g/mol. The average Bonchev–Trinajstić information content (AvgIpc) is 2.46. The van der Waals surface area contributed by atoms with Gasteiger partial charge < -0.3 is 10.1 Å². The van der Waals surface area contributed by atoms with Crippen LogP contribution in [0.2, 0.25) is 0 Å². The van der Waals surface area contributed by atoms with Gasteiger partial charge in [-0.25, -0.2) is 0 Å². The van der Waals surface area contributed by atoms with Crippen LogP contribution in [-0.2, 0) is 6.54 Å². The van der Waals surface area contributed by atoms with Crippen molar-refractivity contribution in [2.75, 3.05) is 32.8 Å². The Hall–Kier alpha value is -1.50. The van der Waals surface area contributed by atoms with E-state index in [4.69, 9.17) is 11.2 Å². The van der Waals surface area contributed by atoms with Crippen LogP contribution in [-0.4, -0.2) is 37.7 Å². The van der Waals surface area contributed by atoms with Gasteiger partial charge in [0.1, 0.15) is 5.75 Å². The molecule has 19 heavy (non-hydrogen) atoms. The summed E-state index contributed by atoms with van der Waals surface area (Å²) in [6.45, 7) is 6.17. The van der Waals surface area contributed by atoms with Gasteiger partial charge in [0, 0.05) is 39.1 Å². The van der Waals surface area contributed by atoms with E-state index in [1.165, 1.54) is 5.56 Å². The molecule has 1 N–H and O–H groups in total. The molecule has 3 heteroatoms. The largest absolute Gasteiger partial charge is 0.494 e. The fourth-order valence-electron chi connectivity index (χ4n) is 2.18. The van der Waals surface area contributed by atoms with E-state index in [-0.39, 0.29) is 0 Å². The van der Waals surface area contributed by atoms with Gasteiger partial charge in [0.05, 0.1) is 6.61 Å². The highest BCUT2D eigenvalue weighted by molar-refractivity contribution is 5.27. The van der Waals surface area contributed by atoms with Crippen molar-refractivity contribution in [1.82, 2.24) is 10.2 Å². The predicted octanol–water partition coefficient (Wildman–Crippen LogP) is 1.88. The molecule has 0 atom stereocenters. The molecule has 1 aliphatic heterocycles. The molecule has 3 nitrogen and oxygen atoms in total. The first-order valence-electron chi connectivity index (χ1n) is 6.97. The van der Waals surface area contributed by atoms with Crippen molar-refractivity contribution in [2.24, 2.45) is 0 Å². The Kier molecular flexibility index (Phi) is 5.74. The molecule has 1 aromatic rings. The number of terminal acetylenes is 1. The average molecular weight is 258 g/mol. The fourth-order valence-corrected chi connectivity index (χ4v) is 2.18. The minimum atomic E-state index is 0.696. The summed E-state index contributed by atoms with van der Waals surface area (Å²) in [5.41, 5.74) is 1.35. The number of benzene rings is 1. The van der Waals surface area contributed by atoms with Crippen LogP contribution in [0.25, 0.3) is 0 Å². The highest BCUT2D eigenvalue weighted by Gasteiger charge is 2.09. The normalized spacial score (nSPS) is 15.9. The highest BCUT2D eigenvalue weighted by Crippen LogP contribution is 2.14. The number of piperazine rings is 1. The molecule has 0 saturated carbocycles. The van der Waals surface area contributed by atoms with Gasteiger partial charge in [0.15, 0.2) is 0 Å². The molecular weight excluding hydrogens is 236 g/mol. The second-order valence-electron chi connectivity index (χ2n) is 4.83. The van der Waals surface area contributed by atoms with E-state index < -0.39 is 0 Å². The predicted molar refractivity (Wildman–Crippen MR) is 78.2 cm³/mol. The lowest BCUT2D eigenvalue weighted by atomic mass is 10.2. The Bertz CT molecular complexity index is 402. The molecule has 0 spiro atoms. The van der Waals surface area contributed by atoms with Gasteiger partial charge in [0.2, 0.25) is 0 Å². The second kappa shape index (κ2) is 7.83. The number of ether oxygens (including phenoxy) is 1.